The summed E-state index contributed by atoms with van der Waals surface area (Å²) in [5, 5.41) is 5.07. The lowest BCUT2D eigenvalue weighted by Gasteiger charge is -2.20. The van der Waals surface area contributed by atoms with E-state index in [9.17, 15) is 4.79 Å². The summed E-state index contributed by atoms with van der Waals surface area (Å²) in [7, 11) is 0. The lowest BCUT2D eigenvalue weighted by molar-refractivity contribution is 0.0921. The second-order valence-electron chi connectivity index (χ2n) is 4.43. The highest BCUT2D eigenvalue weighted by molar-refractivity contribution is 7.10. The SMILES string of the molecule is CC(C)[C@@H](NC(=O)c1ccccn1)c1cccs1. The molecule has 3 nitrogen and oxygen atoms in total. The topological polar surface area (TPSA) is 42.0 Å². The quantitative estimate of drug-likeness (QED) is 0.916. The maximum atomic E-state index is 12.1. The van der Waals surface area contributed by atoms with Crippen molar-refractivity contribution in [2.45, 2.75) is 19.9 Å². The van der Waals surface area contributed by atoms with E-state index in [-0.39, 0.29) is 11.9 Å². The van der Waals surface area contributed by atoms with Crippen molar-refractivity contribution in [2.75, 3.05) is 0 Å². The molecule has 2 aromatic heterocycles. The summed E-state index contributed by atoms with van der Waals surface area (Å²) in [5.41, 5.74) is 0.458. The fraction of sp³-hybridized carbons (Fsp3) is 0.286. The van der Waals surface area contributed by atoms with Gasteiger partial charge in [-0.15, -0.1) is 11.3 Å². The number of thiophene rings is 1. The molecule has 0 radical (unpaired) electrons. The average molecular weight is 260 g/mol. The first-order chi connectivity index (χ1) is 8.68. The van der Waals surface area contributed by atoms with E-state index in [0.717, 1.165) is 0 Å². The zero-order valence-electron chi connectivity index (χ0n) is 10.5. The second-order valence-corrected chi connectivity index (χ2v) is 5.40. The molecule has 0 saturated heterocycles. The highest BCUT2D eigenvalue weighted by Crippen LogP contribution is 2.25. The van der Waals surface area contributed by atoms with Gasteiger partial charge in [0, 0.05) is 11.1 Å². The first-order valence-electron chi connectivity index (χ1n) is 5.94. The normalized spacial score (nSPS) is 12.4. The van der Waals surface area contributed by atoms with Crippen LogP contribution in [-0.2, 0) is 0 Å². The first-order valence-corrected chi connectivity index (χ1v) is 6.81. The van der Waals surface area contributed by atoms with Crippen LogP contribution in [0.3, 0.4) is 0 Å². The molecule has 18 heavy (non-hydrogen) atoms. The smallest absolute Gasteiger partial charge is 0.270 e. The molecule has 0 bridgehead atoms. The maximum Gasteiger partial charge on any atom is 0.270 e. The molecule has 1 N–H and O–H groups in total. The summed E-state index contributed by atoms with van der Waals surface area (Å²) in [6.45, 7) is 4.20. The second kappa shape index (κ2) is 5.78. The van der Waals surface area contributed by atoms with Crippen molar-refractivity contribution in [1.29, 1.82) is 0 Å². The van der Waals surface area contributed by atoms with Gasteiger partial charge >= 0.3 is 0 Å². The highest BCUT2D eigenvalue weighted by atomic mass is 32.1. The van der Waals surface area contributed by atoms with Crippen LogP contribution in [-0.4, -0.2) is 10.9 Å². The van der Waals surface area contributed by atoms with Gasteiger partial charge in [-0.3, -0.25) is 9.78 Å². The number of rotatable bonds is 4. The van der Waals surface area contributed by atoms with Crippen molar-refractivity contribution in [3.63, 3.8) is 0 Å². The number of carbonyl (C=O) groups is 1. The predicted molar refractivity (Wildman–Crippen MR) is 73.6 cm³/mol. The number of hydrogen-bond acceptors (Lipinski definition) is 3. The number of amides is 1. The molecule has 4 heteroatoms. The van der Waals surface area contributed by atoms with Gasteiger partial charge in [0.1, 0.15) is 5.69 Å². The van der Waals surface area contributed by atoms with Crippen molar-refractivity contribution in [1.82, 2.24) is 10.3 Å². The van der Waals surface area contributed by atoms with Crippen molar-refractivity contribution < 1.29 is 4.79 Å². The average Bonchev–Trinajstić information content (AvgIpc) is 2.90. The number of hydrogen-bond donors (Lipinski definition) is 1. The molecule has 0 fully saturated rings. The number of pyridine rings is 1. The van der Waals surface area contributed by atoms with Gasteiger partial charge in [0.2, 0.25) is 0 Å². The zero-order chi connectivity index (χ0) is 13.0. The highest BCUT2D eigenvalue weighted by Gasteiger charge is 2.20. The Balaban J connectivity index is 2.13. The van der Waals surface area contributed by atoms with Crippen LogP contribution in [0, 0.1) is 5.92 Å². The molecule has 94 valence electrons. The molecule has 0 unspecified atom stereocenters. The van der Waals surface area contributed by atoms with Gasteiger partial charge in [0.15, 0.2) is 0 Å². The van der Waals surface area contributed by atoms with E-state index in [4.69, 9.17) is 0 Å². The summed E-state index contributed by atoms with van der Waals surface area (Å²) in [6.07, 6.45) is 1.63. The molecule has 0 aliphatic heterocycles. The first kappa shape index (κ1) is 12.8. The van der Waals surface area contributed by atoms with E-state index >= 15 is 0 Å². The lowest BCUT2D eigenvalue weighted by Crippen LogP contribution is -2.31. The minimum absolute atomic E-state index is 0.0412. The van der Waals surface area contributed by atoms with Crippen LogP contribution in [0.2, 0.25) is 0 Å². The minimum Gasteiger partial charge on any atom is -0.343 e. The standard InChI is InChI=1S/C14H16N2OS/c1-10(2)13(12-7-5-9-18-12)16-14(17)11-6-3-4-8-15-11/h3-10,13H,1-2H3,(H,16,17)/t13-/m1/s1. The third-order valence-electron chi connectivity index (χ3n) is 2.70. The Bertz CT molecular complexity index is 494. The Morgan fingerprint density at radius 2 is 2.11 bits per heavy atom. The van der Waals surface area contributed by atoms with E-state index in [2.05, 4.69) is 24.1 Å². The van der Waals surface area contributed by atoms with Gasteiger partial charge in [-0.2, -0.15) is 0 Å². The molecule has 0 saturated carbocycles. The summed E-state index contributed by atoms with van der Waals surface area (Å²) in [5.74, 6) is 0.221. The third kappa shape index (κ3) is 2.96. The number of nitrogens with one attached hydrogen (secondary N) is 1. The Morgan fingerprint density at radius 3 is 2.67 bits per heavy atom. The van der Waals surface area contributed by atoms with Crippen LogP contribution in [0.1, 0.15) is 35.3 Å². The van der Waals surface area contributed by atoms with Crippen molar-refractivity contribution >= 4 is 17.2 Å². The zero-order valence-corrected chi connectivity index (χ0v) is 11.3. The van der Waals surface area contributed by atoms with E-state index in [1.165, 1.54) is 4.88 Å². The van der Waals surface area contributed by atoms with Crippen LogP contribution in [0.25, 0.3) is 0 Å². The van der Waals surface area contributed by atoms with Crippen LogP contribution in [0.4, 0.5) is 0 Å². The Morgan fingerprint density at radius 1 is 1.28 bits per heavy atom. The molecule has 2 heterocycles. The molecule has 0 spiro atoms. The molecule has 1 amide bonds. The monoisotopic (exact) mass is 260 g/mol. The van der Waals surface area contributed by atoms with Crippen molar-refractivity contribution in [2.24, 2.45) is 5.92 Å². The Labute approximate surface area is 111 Å². The van der Waals surface area contributed by atoms with E-state index < -0.39 is 0 Å². The molecule has 1 atom stereocenters. The van der Waals surface area contributed by atoms with Gasteiger partial charge in [-0.05, 0) is 29.5 Å². The number of aromatic nitrogens is 1. The fourth-order valence-corrected chi connectivity index (χ4v) is 2.70. The van der Waals surface area contributed by atoms with Gasteiger partial charge in [-0.25, -0.2) is 0 Å². The molecular formula is C14H16N2OS. The fourth-order valence-electron chi connectivity index (χ4n) is 1.75. The van der Waals surface area contributed by atoms with E-state index in [1.807, 2.05) is 23.6 Å². The van der Waals surface area contributed by atoms with Gasteiger partial charge in [0.05, 0.1) is 6.04 Å². The largest absolute Gasteiger partial charge is 0.343 e. The number of nitrogens with zero attached hydrogens (tertiary/aromatic N) is 1. The molecule has 0 aromatic carbocycles. The van der Waals surface area contributed by atoms with Crippen molar-refractivity contribution in [3.8, 4) is 0 Å². The summed E-state index contributed by atoms with van der Waals surface area (Å²) in [6, 6.07) is 9.43. The van der Waals surface area contributed by atoms with Crippen molar-refractivity contribution in [3.05, 3.63) is 52.5 Å². The van der Waals surface area contributed by atoms with Crippen LogP contribution in [0.15, 0.2) is 41.9 Å². The Kier molecular flexibility index (Phi) is 4.10. The molecule has 2 rings (SSSR count). The van der Waals surface area contributed by atoms with Gasteiger partial charge in [-0.1, -0.05) is 26.0 Å². The molecule has 0 aliphatic carbocycles. The summed E-state index contributed by atoms with van der Waals surface area (Å²) < 4.78 is 0. The summed E-state index contributed by atoms with van der Waals surface area (Å²) in [4.78, 5) is 17.3. The predicted octanol–water partition coefficient (Wildman–Crippen LogP) is 3.27. The molecular weight excluding hydrogens is 244 g/mol. The minimum atomic E-state index is -0.122. The number of carbonyl (C=O) groups excluding carboxylic acids is 1. The van der Waals surface area contributed by atoms with E-state index in [0.29, 0.717) is 11.6 Å². The molecule has 0 aliphatic rings. The molecule has 2 aromatic rings. The maximum absolute atomic E-state index is 12.1. The summed E-state index contributed by atoms with van der Waals surface area (Å²) >= 11 is 1.66. The Hall–Kier alpha value is -1.68. The van der Waals surface area contributed by atoms with Gasteiger partial charge in [0.25, 0.3) is 5.91 Å². The van der Waals surface area contributed by atoms with Crippen LogP contribution in [0.5, 0.6) is 0 Å². The van der Waals surface area contributed by atoms with Crippen LogP contribution < -0.4 is 5.32 Å². The third-order valence-corrected chi connectivity index (χ3v) is 3.66. The lowest BCUT2D eigenvalue weighted by atomic mass is 10.0. The van der Waals surface area contributed by atoms with Gasteiger partial charge < -0.3 is 5.32 Å². The van der Waals surface area contributed by atoms with Crippen LogP contribution >= 0.6 is 11.3 Å². The van der Waals surface area contributed by atoms with E-state index in [1.54, 1.807) is 29.7 Å².